The molecule has 0 fully saturated rings. The van der Waals surface area contributed by atoms with Gasteiger partial charge in [0.25, 0.3) is 0 Å². The van der Waals surface area contributed by atoms with Gasteiger partial charge in [-0.25, -0.2) is 13.4 Å². The molecular formula is C25H23N5O2S. The molecule has 1 N–H and O–H groups in total. The third-order valence-electron chi connectivity index (χ3n) is 5.75. The fraction of sp³-hybridized carbons (Fsp3) is 0.160. The summed E-state index contributed by atoms with van der Waals surface area (Å²) in [5, 5.41) is 12.3. The van der Waals surface area contributed by atoms with Crippen LogP contribution in [0.1, 0.15) is 24.0 Å². The molecule has 3 aromatic carbocycles. The molecule has 2 heterocycles. The van der Waals surface area contributed by atoms with E-state index in [1.54, 1.807) is 24.3 Å². The molecule has 0 radical (unpaired) electrons. The van der Waals surface area contributed by atoms with Gasteiger partial charge in [-0.1, -0.05) is 72.3 Å². The summed E-state index contributed by atoms with van der Waals surface area (Å²) in [4.78, 5) is 4.85. The SMILES string of the molecule is Cc1ccc(S(=O)(=O)c2nnn3c2nc(NC[C@H](C)c2ccccc2)c2ccccc23)cc1. The van der Waals surface area contributed by atoms with E-state index in [4.69, 9.17) is 0 Å². The van der Waals surface area contributed by atoms with E-state index in [0.29, 0.717) is 12.4 Å². The van der Waals surface area contributed by atoms with E-state index >= 15 is 0 Å². The van der Waals surface area contributed by atoms with Crippen molar-refractivity contribution in [1.29, 1.82) is 0 Å². The molecule has 0 aliphatic rings. The Morgan fingerprint density at radius 3 is 2.39 bits per heavy atom. The Hall–Kier alpha value is -3.78. The summed E-state index contributed by atoms with van der Waals surface area (Å²) in [5.41, 5.74) is 3.12. The van der Waals surface area contributed by atoms with E-state index in [9.17, 15) is 8.42 Å². The maximum absolute atomic E-state index is 13.3. The number of aryl methyl sites for hydroxylation is 1. The quantitative estimate of drug-likeness (QED) is 0.400. The number of nitrogens with zero attached hydrogens (tertiary/aromatic N) is 4. The van der Waals surface area contributed by atoms with Crippen LogP contribution in [-0.2, 0) is 9.84 Å². The topological polar surface area (TPSA) is 89.2 Å². The largest absolute Gasteiger partial charge is 0.369 e. The summed E-state index contributed by atoms with van der Waals surface area (Å²) >= 11 is 0. The van der Waals surface area contributed by atoms with Gasteiger partial charge in [0.15, 0.2) is 5.65 Å². The molecule has 0 unspecified atom stereocenters. The number of nitrogens with one attached hydrogen (secondary N) is 1. The Morgan fingerprint density at radius 2 is 1.64 bits per heavy atom. The van der Waals surface area contributed by atoms with Crippen LogP contribution < -0.4 is 5.32 Å². The number of hydrogen-bond acceptors (Lipinski definition) is 6. The average Bonchev–Trinajstić information content (AvgIpc) is 3.28. The molecule has 0 saturated heterocycles. The van der Waals surface area contributed by atoms with Crippen LogP contribution in [0, 0.1) is 6.92 Å². The van der Waals surface area contributed by atoms with Gasteiger partial charge in [0.05, 0.1) is 10.4 Å². The summed E-state index contributed by atoms with van der Waals surface area (Å²) in [7, 11) is -3.88. The van der Waals surface area contributed by atoms with Gasteiger partial charge in [0, 0.05) is 11.9 Å². The number of hydrogen-bond donors (Lipinski definition) is 1. The first-order chi connectivity index (χ1) is 15.9. The molecule has 0 aliphatic carbocycles. The zero-order chi connectivity index (χ0) is 23.0. The highest BCUT2D eigenvalue weighted by Crippen LogP contribution is 2.28. The first-order valence-corrected chi connectivity index (χ1v) is 12.2. The second-order valence-electron chi connectivity index (χ2n) is 8.12. The lowest BCUT2D eigenvalue weighted by molar-refractivity contribution is 0.592. The molecule has 5 aromatic rings. The van der Waals surface area contributed by atoms with Crippen LogP contribution in [0.2, 0.25) is 0 Å². The smallest absolute Gasteiger partial charge is 0.229 e. The maximum atomic E-state index is 13.3. The molecule has 0 aliphatic heterocycles. The Labute approximate surface area is 192 Å². The van der Waals surface area contributed by atoms with Gasteiger partial charge in [-0.05, 0) is 42.7 Å². The predicted molar refractivity (Wildman–Crippen MR) is 128 cm³/mol. The van der Waals surface area contributed by atoms with Crippen molar-refractivity contribution in [1.82, 2.24) is 19.8 Å². The highest BCUT2D eigenvalue weighted by atomic mass is 32.2. The second kappa shape index (κ2) is 8.29. The van der Waals surface area contributed by atoms with Crippen LogP contribution in [0.25, 0.3) is 16.6 Å². The zero-order valence-electron chi connectivity index (χ0n) is 18.3. The number of benzene rings is 3. The van der Waals surface area contributed by atoms with Crippen molar-refractivity contribution < 1.29 is 8.42 Å². The summed E-state index contributed by atoms with van der Waals surface area (Å²) < 4.78 is 28.2. The molecule has 166 valence electrons. The van der Waals surface area contributed by atoms with Gasteiger partial charge in [-0.15, -0.1) is 5.10 Å². The van der Waals surface area contributed by atoms with Gasteiger partial charge in [0.2, 0.25) is 14.9 Å². The highest BCUT2D eigenvalue weighted by molar-refractivity contribution is 7.91. The summed E-state index contributed by atoms with van der Waals surface area (Å²) in [6.45, 7) is 4.68. The number of fused-ring (bicyclic) bond motifs is 3. The van der Waals surface area contributed by atoms with E-state index in [0.717, 1.165) is 16.5 Å². The third kappa shape index (κ3) is 3.82. The van der Waals surface area contributed by atoms with E-state index in [1.807, 2.05) is 49.4 Å². The first kappa shape index (κ1) is 21.1. The number of rotatable bonds is 6. The molecule has 1 atom stereocenters. The summed E-state index contributed by atoms with van der Waals surface area (Å²) in [5.74, 6) is 0.838. The Kier molecular flexibility index (Phi) is 5.30. The minimum absolute atomic E-state index is 0.156. The zero-order valence-corrected chi connectivity index (χ0v) is 19.1. The second-order valence-corrected chi connectivity index (χ2v) is 9.98. The fourth-order valence-electron chi connectivity index (χ4n) is 3.83. The lowest BCUT2D eigenvalue weighted by Crippen LogP contribution is -2.12. The predicted octanol–water partition coefficient (Wildman–Crippen LogP) is 4.63. The first-order valence-electron chi connectivity index (χ1n) is 10.7. The third-order valence-corrected chi connectivity index (χ3v) is 7.42. The molecule has 0 bridgehead atoms. The molecule has 0 spiro atoms. The van der Waals surface area contributed by atoms with Crippen molar-refractivity contribution in [2.45, 2.75) is 29.7 Å². The van der Waals surface area contributed by atoms with Gasteiger partial charge < -0.3 is 5.32 Å². The number of sulfone groups is 1. The molecule has 8 heteroatoms. The molecule has 2 aromatic heterocycles. The lowest BCUT2D eigenvalue weighted by Gasteiger charge is -2.15. The Morgan fingerprint density at radius 1 is 0.939 bits per heavy atom. The standard InChI is InChI=1S/C25H23N5O2S/c1-17-12-14-20(15-13-17)33(31,32)25-24-27-23(26-16-18(2)19-8-4-3-5-9-19)21-10-6-7-11-22(21)30(24)29-28-25/h3-15,18H,16H2,1-2H3,(H,26,27)/t18-/m0/s1. The normalized spacial score (nSPS) is 12.8. The Bertz CT molecular complexity index is 1550. The van der Waals surface area contributed by atoms with Crippen LogP contribution in [0.15, 0.2) is 88.8 Å². The van der Waals surface area contributed by atoms with Gasteiger partial charge in [0.1, 0.15) is 5.82 Å². The lowest BCUT2D eigenvalue weighted by atomic mass is 10.0. The molecule has 5 rings (SSSR count). The van der Waals surface area contributed by atoms with Crippen molar-refractivity contribution in [3.63, 3.8) is 0 Å². The minimum Gasteiger partial charge on any atom is -0.369 e. The Balaban J connectivity index is 1.60. The van der Waals surface area contributed by atoms with Crippen LogP contribution in [0.3, 0.4) is 0 Å². The van der Waals surface area contributed by atoms with Gasteiger partial charge in [-0.2, -0.15) is 4.52 Å². The van der Waals surface area contributed by atoms with Crippen molar-refractivity contribution in [2.75, 3.05) is 11.9 Å². The highest BCUT2D eigenvalue weighted by Gasteiger charge is 2.27. The number of anilines is 1. The van der Waals surface area contributed by atoms with E-state index in [1.165, 1.54) is 10.1 Å². The van der Waals surface area contributed by atoms with Crippen molar-refractivity contribution >= 4 is 32.2 Å². The summed E-state index contributed by atoms with van der Waals surface area (Å²) in [6.07, 6.45) is 0. The molecule has 0 saturated carbocycles. The van der Waals surface area contributed by atoms with Crippen LogP contribution >= 0.6 is 0 Å². The monoisotopic (exact) mass is 457 g/mol. The van der Waals surface area contributed by atoms with Crippen LogP contribution in [0.5, 0.6) is 0 Å². The van der Waals surface area contributed by atoms with Crippen LogP contribution in [0.4, 0.5) is 5.82 Å². The maximum Gasteiger partial charge on any atom is 0.229 e. The molecular weight excluding hydrogens is 434 g/mol. The minimum atomic E-state index is -3.88. The van der Waals surface area contributed by atoms with Crippen molar-refractivity contribution in [3.05, 3.63) is 90.0 Å². The summed E-state index contributed by atoms with van der Waals surface area (Å²) in [6, 6.07) is 24.5. The number of aromatic nitrogens is 4. The molecule has 7 nitrogen and oxygen atoms in total. The number of para-hydroxylation sites is 1. The van der Waals surface area contributed by atoms with Crippen molar-refractivity contribution in [2.24, 2.45) is 0 Å². The molecule has 33 heavy (non-hydrogen) atoms. The van der Waals surface area contributed by atoms with E-state index < -0.39 is 9.84 Å². The van der Waals surface area contributed by atoms with E-state index in [-0.39, 0.29) is 21.5 Å². The van der Waals surface area contributed by atoms with Gasteiger partial charge >= 0.3 is 0 Å². The van der Waals surface area contributed by atoms with Crippen LogP contribution in [-0.4, -0.2) is 34.8 Å². The van der Waals surface area contributed by atoms with E-state index in [2.05, 4.69) is 39.7 Å². The fourth-order valence-corrected chi connectivity index (χ4v) is 5.07. The van der Waals surface area contributed by atoms with Crippen molar-refractivity contribution in [3.8, 4) is 0 Å². The van der Waals surface area contributed by atoms with Gasteiger partial charge in [-0.3, -0.25) is 0 Å². The average molecular weight is 458 g/mol. The molecule has 0 amide bonds.